The van der Waals surface area contributed by atoms with Gasteiger partial charge in [0, 0.05) is 13.3 Å². The second-order valence-electron chi connectivity index (χ2n) is 3.41. The van der Waals surface area contributed by atoms with E-state index in [2.05, 4.69) is 23.8 Å². The molecule has 0 aliphatic rings. The molecule has 3 nitrogen and oxygen atoms in total. The highest BCUT2D eigenvalue weighted by molar-refractivity contribution is 6.16. The van der Waals surface area contributed by atoms with E-state index in [1.54, 1.807) is 13.3 Å². The molecule has 0 bridgehead atoms. The predicted molar refractivity (Wildman–Crippen MR) is 60.9 cm³/mol. The Kier molecular flexibility index (Phi) is 4.48. The van der Waals surface area contributed by atoms with Gasteiger partial charge in [-0.25, -0.2) is 9.97 Å². The van der Waals surface area contributed by atoms with E-state index in [0.717, 1.165) is 24.4 Å². The van der Waals surface area contributed by atoms with E-state index in [0.29, 0.717) is 5.88 Å². The quantitative estimate of drug-likeness (QED) is 0.727. The van der Waals surface area contributed by atoms with Crippen LogP contribution in [0.5, 0.6) is 0 Å². The first kappa shape index (κ1) is 12.4. The van der Waals surface area contributed by atoms with Crippen LogP contribution in [0.2, 0.25) is 0 Å². The monoisotopic (exact) mass is 228 g/mol. The van der Waals surface area contributed by atoms with Gasteiger partial charge in [-0.15, -0.1) is 11.6 Å². The highest BCUT2D eigenvalue weighted by Gasteiger charge is 2.31. The minimum atomic E-state index is -0.373. The molecular formula is C11H17ClN2O. The van der Waals surface area contributed by atoms with Gasteiger partial charge >= 0.3 is 0 Å². The van der Waals surface area contributed by atoms with E-state index in [1.165, 1.54) is 0 Å². The number of nitrogens with zero attached hydrogens (tertiary/aromatic N) is 2. The molecule has 0 aromatic carbocycles. The summed E-state index contributed by atoms with van der Waals surface area (Å²) in [7, 11) is 1.70. The van der Waals surface area contributed by atoms with Crippen molar-refractivity contribution in [2.75, 3.05) is 7.11 Å². The van der Waals surface area contributed by atoms with Gasteiger partial charge in [0.15, 0.2) is 5.82 Å². The molecule has 1 heterocycles. The van der Waals surface area contributed by atoms with E-state index in [4.69, 9.17) is 16.3 Å². The number of rotatable bonds is 5. The Bertz CT molecular complexity index is 305. The predicted octanol–water partition coefficient (Wildman–Crippen LogP) is 2.88. The summed E-state index contributed by atoms with van der Waals surface area (Å²) in [5.41, 5.74) is 0.465. The second-order valence-corrected chi connectivity index (χ2v) is 3.68. The summed E-state index contributed by atoms with van der Waals surface area (Å²) in [6.07, 6.45) is 3.44. The van der Waals surface area contributed by atoms with Crippen LogP contribution in [0.4, 0.5) is 0 Å². The summed E-state index contributed by atoms with van der Waals surface area (Å²) in [5.74, 6) is 1.14. The molecule has 0 saturated carbocycles. The van der Waals surface area contributed by atoms with Crippen molar-refractivity contribution in [2.45, 2.75) is 38.2 Å². The molecule has 1 rings (SSSR count). The Labute approximate surface area is 95.8 Å². The molecular weight excluding hydrogens is 212 g/mol. The van der Waals surface area contributed by atoms with E-state index in [-0.39, 0.29) is 5.60 Å². The lowest BCUT2D eigenvalue weighted by molar-refractivity contribution is -0.0292. The number of hydrogen-bond acceptors (Lipinski definition) is 3. The largest absolute Gasteiger partial charge is 0.370 e. The zero-order chi connectivity index (χ0) is 11.3. The molecule has 0 unspecified atom stereocenters. The maximum atomic E-state index is 5.75. The van der Waals surface area contributed by atoms with Gasteiger partial charge in [0.2, 0.25) is 0 Å². The fourth-order valence-electron chi connectivity index (χ4n) is 1.64. The Hall–Kier alpha value is -0.670. The summed E-state index contributed by atoms with van der Waals surface area (Å²) in [6, 6.07) is 1.82. The lowest BCUT2D eigenvalue weighted by atomic mass is 9.96. The molecule has 0 radical (unpaired) electrons. The van der Waals surface area contributed by atoms with Crippen molar-refractivity contribution in [2.24, 2.45) is 0 Å². The maximum absolute atomic E-state index is 5.75. The third-order valence-corrected chi connectivity index (χ3v) is 3.06. The van der Waals surface area contributed by atoms with Crippen LogP contribution >= 0.6 is 11.6 Å². The molecule has 4 heteroatoms. The van der Waals surface area contributed by atoms with Gasteiger partial charge in [-0.1, -0.05) is 13.8 Å². The lowest BCUT2D eigenvalue weighted by Gasteiger charge is -2.28. The summed E-state index contributed by atoms with van der Waals surface area (Å²) >= 11 is 5.75. The number of halogens is 1. The normalized spacial score (nSPS) is 11.7. The van der Waals surface area contributed by atoms with Crippen molar-refractivity contribution in [3.8, 4) is 0 Å². The molecule has 0 aliphatic heterocycles. The van der Waals surface area contributed by atoms with E-state index in [1.807, 2.05) is 6.07 Å². The molecule has 0 saturated heterocycles. The molecule has 1 aromatic rings. The van der Waals surface area contributed by atoms with Crippen molar-refractivity contribution in [3.63, 3.8) is 0 Å². The highest BCUT2D eigenvalue weighted by Crippen LogP contribution is 2.29. The van der Waals surface area contributed by atoms with Crippen LogP contribution in [0.25, 0.3) is 0 Å². The van der Waals surface area contributed by atoms with Crippen LogP contribution in [-0.2, 0) is 16.2 Å². The number of methoxy groups -OCH3 is 1. The average Bonchev–Trinajstić information content (AvgIpc) is 2.32. The molecule has 84 valence electrons. The third-order valence-electron chi connectivity index (χ3n) is 2.79. The Morgan fingerprint density at radius 2 is 2.07 bits per heavy atom. The van der Waals surface area contributed by atoms with Crippen LogP contribution in [0, 0.1) is 0 Å². The van der Waals surface area contributed by atoms with Gasteiger partial charge in [-0.2, -0.15) is 0 Å². The minimum absolute atomic E-state index is 0.373. The van der Waals surface area contributed by atoms with Crippen molar-refractivity contribution >= 4 is 11.6 Å². The third kappa shape index (κ3) is 2.47. The number of alkyl halides is 1. The number of hydrogen-bond donors (Lipinski definition) is 0. The molecule has 0 spiro atoms. The molecule has 15 heavy (non-hydrogen) atoms. The summed E-state index contributed by atoms with van der Waals surface area (Å²) in [6.45, 7) is 4.15. The van der Waals surface area contributed by atoms with Crippen molar-refractivity contribution in [1.29, 1.82) is 0 Å². The standard InChI is InChI=1S/C11H17ClN2O/c1-4-11(5-2,15-3)10-13-7-6-9(8-12)14-10/h6-7H,4-5,8H2,1-3H3. The van der Waals surface area contributed by atoms with Gasteiger partial charge in [0.1, 0.15) is 5.60 Å². The molecule has 0 aliphatic carbocycles. The topological polar surface area (TPSA) is 35.0 Å². The first-order chi connectivity index (χ1) is 7.22. The minimum Gasteiger partial charge on any atom is -0.370 e. The van der Waals surface area contributed by atoms with Gasteiger partial charge in [-0.3, -0.25) is 0 Å². The Balaban J connectivity index is 3.10. The van der Waals surface area contributed by atoms with Gasteiger partial charge in [0.05, 0.1) is 11.6 Å². The van der Waals surface area contributed by atoms with Crippen LogP contribution in [0.1, 0.15) is 38.2 Å². The highest BCUT2D eigenvalue weighted by atomic mass is 35.5. The first-order valence-electron chi connectivity index (χ1n) is 5.16. The summed E-state index contributed by atoms with van der Waals surface area (Å²) < 4.78 is 5.55. The number of ether oxygens (including phenoxy) is 1. The molecule has 0 N–H and O–H groups in total. The molecule has 0 atom stereocenters. The fraction of sp³-hybridized carbons (Fsp3) is 0.636. The van der Waals surface area contributed by atoms with Crippen molar-refractivity contribution < 1.29 is 4.74 Å². The zero-order valence-electron chi connectivity index (χ0n) is 9.46. The zero-order valence-corrected chi connectivity index (χ0v) is 10.2. The van der Waals surface area contributed by atoms with Gasteiger partial charge in [-0.05, 0) is 18.9 Å². The van der Waals surface area contributed by atoms with Crippen LogP contribution in [0.15, 0.2) is 12.3 Å². The first-order valence-corrected chi connectivity index (χ1v) is 5.69. The average molecular weight is 229 g/mol. The SMILES string of the molecule is CCC(CC)(OC)c1nccc(CCl)n1. The maximum Gasteiger partial charge on any atom is 0.160 e. The second kappa shape index (κ2) is 5.42. The van der Waals surface area contributed by atoms with Gasteiger partial charge in [0.25, 0.3) is 0 Å². The molecule has 0 amide bonds. The van der Waals surface area contributed by atoms with Crippen LogP contribution in [0.3, 0.4) is 0 Å². The smallest absolute Gasteiger partial charge is 0.160 e. The Morgan fingerprint density at radius 3 is 2.53 bits per heavy atom. The molecule has 0 fully saturated rings. The van der Waals surface area contributed by atoms with Crippen LogP contribution < -0.4 is 0 Å². The fourth-order valence-corrected chi connectivity index (χ4v) is 1.79. The summed E-state index contributed by atoms with van der Waals surface area (Å²) in [4.78, 5) is 8.69. The van der Waals surface area contributed by atoms with Crippen LogP contribution in [-0.4, -0.2) is 17.1 Å². The van der Waals surface area contributed by atoms with Crippen molar-refractivity contribution in [3.05, 3.63) is 23.8 Å². The van der Waals surface area contributed by atoms with Gasteiger partial charge < -0.3 is 4.74 Å². The van der Waals surface area contributed by atoms with E-state index in [9.17, 15) is 0 Å². The van der Waals surface area contributed by atoms with Crippen molar-refractivity contribution in [1.82, 2.24) is 9.97 Å². The van der Waals surface area contributed by atoms with E-state index >= 15 is 0 Å². The van der Waals surface area contributed by atoms with E-state index < -0.39 is 0 Å². The lowest BCUT2D eigenvalue weighted by Crippen LogP contribution is -2.29. The summed E-state index contributed by atoms with van der Waals surface area (Å²) in [5, 5.41) is 0. The molecule has 1 aromatic heterocycles. The Morgan fingerprint density at radius 1 is 1.40 bits per heavy atom. The number of aromatic nitrogens is 2.